The van der Waals surface area contributed by atoms with Gasteiger partial charge in [-0.15, -0.1) is 0 Å². The minimum Gasteiger partial charge on any atom is -0.381 e. The summed E-state index contributed by atoms with van der Waals surface area (Å²) in [6.07, 6.45) is 0.110. The molecule has 1 aromatic carbocycles. The maximum Gasteiger partial charge on any atom is 0.251 e. The first-order valence-electron chi connectivity index (χ1n) is 10.6. The summed E-state index contributed by atoms with van der Waals surface area (Å²) in [4.78, 5) is 38.1. The second-order valence-electron chi connectivity index (χ2n) is 8.04. The lowest BCUT2D eigenvalue weighted by atomic mass is 10.0. The van der Waals surface area contributed by atoms with Gasteiger partial charge in [0.05, 0.1) is 24.4 Å². The van der Waals surface area contributed by atoms with E-state index in [0.29, 0.717) is 6.42 Å². The van der Waals surface area contributed by atoms with Crippen molar-refractivity contribution in [3.05, 3.63) is 42.9 Å². The molecule has 1 aromatic rings. The number of hydrogen-bond donors (Lipinski definition) is 4. The fourth-order valence-electron chi connectivity index (χ4n) is 3.14. The van der Waals surface area contributed by atoms with Gasteiger partial charge in [-0.05, 0) is 26.0 Å². The molecule has 10 nitrogen and oxygen atoms in total. The number of aliphatic hydroxyl groups excluding tert-OH is 1. The monoisotopic (exact) mass is 482 g/mol. The number of nitrogens with zero attached hydrogens (tertiary/aromatic N) is 1. The number of likely N-dealkylation sites (N-methyl/N-ethyl adjacent to an activating group) is 1. The van der Waals surface area contributed by atoms with Gasteiger partial charge < -0.3 is 21.1 Å². The van der Waals surface area contributed by atoms with E-state index in [-0.39, 0.29) is 19.0 Å². The third-order valence-electron chi connectivity index (χ3n) is 4.93. The van der Waals surface area contributed by atoms with Crippen LogP contribution in [0.4, 0.5) is 0 Å². The lowest BCUT2D eigenvalue weighted by Gasteiger charge is -2.28. The van der Waals surface area contributed by atoms with Gasteiger partial charge in [0, 0.05) is 13.3 Å². The van der Waals surface area contributed by atoms with E-state index in [1.165, 1.54) is 7.05 Å². The van der Waals surface area contributed by atoms with Crippen LogP contribution in [-0.2, 0) is 24.2 Å². The predicted octanol–water partition coefficient (Wildman–Crippen LogP) is -0.361. The summed E-state index contributed by atoms with van der Waals surface area (Å²) in [5.74, 6) is -2.53. The van der Waals surface area contributed by atoms with Crippen molar-refractivity contribution in [1.82, 2.24) is 20.9 Å². The SMILES string of the molecule is [CH]N(C)C(CS(C)(=O)=O)C(=O)NC(CCC)C(O)C(=O)NCC(=O)NC(C)c1ccccc1. The topological polar surface area (TPSA) is 145 Å². The highest BCUT2D eigenvalue weighted by Crippen LogP contribution is 2.11. The summed E-state index contributed by atoms with van der Waals surface area (Å²) in [6.45, 7) is 3.24. The van der Waals surface area contributed by atoms with Crippen LogP contribution in [0.3, 0.4) is 0 Å². The zero-order valence-electron chi connectivity index (χ0n) is 19.4. The fourth-order valence-corrected chi connectivity index (χ4v) is 4.10. The summed E-state index contributed by atoms with van der Waals surface area (Å²) >= 11 is 0. The number of amides is 3. The van der Waals surface area contributed by atoms with Crippen LogP contribution in [-0.4, -0.2) is 79.9 Å². The van der Waals surface area contributed by atoms with Gasteiger partial charge in [0.15, 0.2) is 6.10 Å². The number of carbonyl (C=O) groups is 3. The standard InChI is InChI=1S/C22H34N4O6S/c1-6-10-17(25-21(29)18(26(3)4)14-33(5,31)32)20(28)22(30)23-13-19(27)24-15(2)16-11-8-7-9-12-16/h3,7-9,11-12,15,17-18,20,28H,6,10,13-14H2,1-2,4-5H3,(H,23,30)(H,24,27)(H,25,29). The highest BCUT2D eigenvalue weighted by Gasteiger charge is 2.32. The van der Waals surface area contributed by atoms with Crippen LogP contribution in [0.25, 0.3) is 0 Å². The molecule has 2 radical (unpaired) electrons. The van der Waals surface area contributed by atoms with E-state index < -0.39 is 51.5 Å². The lowest BCUT2D eigenvalue weighted by Crippen LogP contribution is -2.56. The van der Waals surface area contributed by atoms with Crippen LogP contribution in [0.5, 0.6) is 0 Å². The first kappa shape index (κ1) is 28.5. The molecule has 4 N–H and O–H groups in total. The number of carbonyl (C=O) groups excluding carboxylic acids is 3. The van der Waals surface area contributed by atoms with Crippen LogP contribution < -0.4 is 16.0 Å². The van der Waals surface area contributed by atoms with Gasteiger partial charge >= 0.3 is 0 Å². The Morgan fingerprint density at radius 3 is 2.24 bits per heavy atom. The van der Waals surface area contributed by atoms with E-state index >= 15 is 0 Å². The molecule has 0 saturated carbocycles. The van der Waals surface area contributed by atoms with Crippen molar-refractivity contribution in [2.45, 2.75) is 50.9 Å². The molecule has 0 fully saturated rings. The molecular weight excluding hydrogens is 448 g/mol. The van der Waals surface area contributed by atoms with Crippen molar-refractivity contribution in [3.8, 4) is 0 Å². The van der Waals surface area contributed by atoms with Crippen molar-refractivity contribution in [2.24, 2.45) is 0 Å². The third-order valence-corrected chi connectivity index (χ3v) is 5.85. The maximum absolute atomic E-state index is 12.6. The number of benzene rings is 1. The van der Waals surface area contributed by atoms with Gasteiger partial charge in [-0.3, -0.25) is 19.3 Å². The summed E-state index contributed by atoms with van der Waals surface area (Å²) in [5.41, 5.74) is 0.899. The van der Waals surface area contributed by atoms with Gasteiger partial charge in [0.1, 0.15) is 15.9 Å². The quantitative estimate of drug-likeness (QED) is 0.281. The lowest BCUT2D eigenvalue weighted by molar-refractivity contribution is -0.135. The van der Waals surface area contributed by atoms with Crippen LogP contribution in [0, 0.1) is 7.05 Å². The fraction of sp³-hybridized carbons (Fsp3) is 0.545. The van der Waals surface area contributed by atoms with E-state index in [1.54, 1.807) is 13.8 Å². The van der Waals surface area contributed by atoms with Crippen molar-refractivity contribution in [1.29, 1.82) is 0 Å². The smallest absolute Gasteiger partial charge is 0.251 e. The number of nitrogens with one attached hydrogen (secondary N) is 3. The first-order valence-corrected chi connectivity index (χ1v) is 12.7. The molecule has 0 aliphatic carbocycles. The van der Waals surface area contributed by atoms with Crippen LogP contribution >= 0.6 is 0 Å². The number of rotatable bonds is 13. The van der Waals surface area contributed by atoms with Gasteiger partial charge in [-0.2, -0.15) is 0 Å². The molecule has 0 saturated heterocycles. The molecule has 4 atom stereocenters. The van der Waals surface area contributed by atoms with Gasteiger partial charge in [0.25, 0.3) is 5.91 Å². The van der Waals surface area contributed by atoms with E-state index in [0.717, 1.165) is 16.7 Å². The molecule has 0 bridgehead atoms. The van der Waals surface area contributed by atoms with E-state index in [1.807, 2.05) is 30.3 Å². The normalized spacial score (nSPS) is 15.2. The molecule has 0 aliphatic rings. The van der Waals surface area contributed by atoms with Gasteiger partial charge in [-0.1, -0.05) is 43.7 Å². The van der Waals surface area contributed by atoms with E-state index in [9.17, 15) is 27.9 Å². The number of hydrogen-bond acceptors (Lipinski definition) is 7. The Hall–Kier alpha value is -2.50. The molecule has 1 rings (SSSR count). The van der Waals surface area contributed by atoms with Crippen molar-refractivity contribution < 1.29 is 27.9 Å². The van der Waals surface area contributed by atoms with Gasteiger partial charge in [-0.25, -0.2) is 8.42 Å². The maximum atomic E-state index is 12.6. The number of aliphatic hydroxyl groups is 1. The largest absolute Gasteiger partial charge is 0.381 e. The Morgan fingerprint density at radius 1 is 1.12 bits per heavy atom. The average molecular weight is 483 g/mol. The summed E-state index contributed by atoms with van der Waals surface area (Å²) in [5, 5.41) is 18.1. The molecular formula is C22H34N4O6S. The summed E-state index contributed by atoms with van der Waals surface area (Å²) < 4.78 is 23.2. The zero-order valence-corrected chi connectivity index (χ0v) is 20.3. The molecule has 0 spiro atoms. The summed E-state index contributed by atoms with van der Waals surface area (Å²) in [7, 11) is 3.45. The minimum absolute atomic E-state index is 0.247. The average Bonchev–Trinajstić information content (AvgIpc) is 2.74. The Bertz CT molecular complexity index is 891. The first-order chi connectivity index (χ1) is 15.4. The highest BCUT2D eigenvalue weighted by atomic mass is 32.2. The molecule has 4 unspecified atom stereocenters. The Kier molecular flexibility index (Phi) is 11.5. The Morgan fingerprint density at radius 2 is 1.73 bits per heavy atom. The minimum atomic E-state index is -3.52. The van der Waals surface area contributed by atoms with Crippen LogP contribution in [0.1, 0.15) is 38.3 Å². The second-order valence-corrected chi connectivity index (χ2v) is 10.2. The molecule has 3 amide bonds. The van der Waals surface area contributed by atoms with Crippen molar-refractivity contribution >= 4 is 27.6 Å². The molecule has 11 heteroatoms. The molecule has 0 aliphatic heterocycles. The molecule has 0 heterocycles. The second kappa shape index (κ2) is 13.3. The van der Waals surface area contributed by atoms with E-state index in [4.69, 9.17) is 7.05 Å². The Balaban J connectivity index is 2.70. The highest BCUT2D eigenvalue weighted by molar-refractivity contribution is 7.90. The van der Waals surface area contributed by atoms with E-state index in [2.05, 4.69) is 16.0 Å². The molecule has 33 heavy (non-hydrogen) atoms. The molecule has 0 aromatic heterocycles. The third kappa shape index (κ3) is 10.3. The Labute approximate surface area is 196 Å². The van der Waals surface area contributed by atoms with Crippen molar-refractivity contribution in [3.63, 3.8) is 0 Å². The van der Waals surface area contributed by atoms with Gasteiger partial charge in [0.2, 0.25) is 11.8 Å². The number of sulfone groups is 1. The van der Waals surface area contributed by atoms with Crippen molar-refractivity contribution in [2.75, 3.05) is 25.6 Å². The van der Waals surface area contributed by atoms with Crippen LogP contribution in [0.2, 0.25) is 0 Å². The molecule has 184 valence electrons. The predicted molar refractivity (Wildman–Crippen MR) is 124 cm³/mol. The van der Waals surface area contributed by atoms with Crippen LogP contribution in [0.15, 0.2) is 30.3 Å². The zero-order chi connectivity index (χ0) is 25.2. The summed E-state index contributed by atoms with van der Waals surface area (Å²) in [6, 6.07) is 6.83.